The van der Waals surface area contributed by atoms with Crippen molar-refractivity contribution in [2.75, 3.05) is 27.8 Å². The predicted octanol–water partition coefficient (Wildman–Crippen LogP) is 1.60. The first kappa shape index (κ1) is 18.6. The van der Waals surface area contributed by atoms with Gasteiger partial charge in [-0.25, -0.2) is 4.79 Å². The molecule has 3 rings (SSSR count). The molecule has 0 aromatic heterocycles. The second kappa shape index (κ2) is 8.03. The van der Waals surface area contributed by atoms with Crippen molar-refractivity contribution in [3.63, 3.8) is 0 Å². The van der Waals surface area contributed by atoms with E-state index in [1.54, 1.807) is 18.3 Å². The summed E-state index contributed by atoms with van der Waals surface area (Å²) in [6.45, 7) is 0.231. The number of carbonyl (C=O) groups excluding carboxylic acids is 2. The lowest BCUT2D eigenvalue weighted by molar-refractivity contribution is -0.145. The fourth-order valence-corrected chi connectivity index (χ4v) is 3.24. The standard InChI is InChI=1S/C19H22N4O4/c1-22-10-4-9-20-17(22)13-5-7-14(8-6-13)18(24)23-12-15(21-27-3)11-16(23)19(25)26-2/h4-10,16-17H,11-12H2,1-3H3/t16-,17?/m0/s1. The molecule has 1 saturated heterocycles. The largest absolute Gasteiger partial charge is 0.467 e. The van der Waals surface area contributed by atoms with Gasteiger partial charge in [0.2, 0.25) is 0 Å². The second-order valence-corrected chi connectivity index (χ2v) is 6.32. The van der Waals surface area contributed by atoms with Crippen LogP contribution in [0.2, 0.25) is 0 Å². The Bertz CT molecular complexity index is 800. The number of ether oxygens (including phenoxy) is 1. The molecule has 142 valence electrons. The third kappa shape index (κ3) is 3.84. The molecule has 1 aromatic carbocycles. The van der Waals surface area contributed by atoms with Crippen LogP contribution in [-0.4, -0.2) is 67.5 Å². The molecule has 2 atom stereocenters. The maximum atomic E-state index is 13.0. The number of carbonyl (C=O) groups is 2. The zero-order chi connectivity index (χ0) is 19.4. The van der Waals surface area contributed by atoms with E-state index in [0.717, 1.165) is 5.56 Å². The van der Waals surface area contributed by atoms with Crippen molar-refractivity contribution < 1.29 is 19.2 Å². The van der Waals surface area contributed by atoms with Crippen molar-refractivity contribution in [1.82, 2.24) is 9.80 Å². The summed E-state index contributed by atoms with van der Waals surface area (Å²) < 4.78 is 4.83. The quantitative estimate of drug-likeness (QED) is 0.594. The van der Waals surface area contributed by atoms with Gasteiger partial charge in [-0.05, 0) is 23.8 Å². The fourth-order valence-electron chi connectivity index (χ4n) is 3.24. The zero-order valence-corrected chi connectivity index (χ0v) is 15.5. The number of allylic oxidation sites excluding steroid dienone is 1. The van der Waals surface area contributed by atoms with Gasteiger partial charge in [-0.15, -0.1) is 0 Å². The van der Waals surface area contributed by atoms with Crippen LogP contribution >= 0.6 is 0 Å². The molecule has 1 amide bonds. The minimum atomic E-state index is -0.699. The number of amides is 1. The summed E-state index contributed by atoms with van der Waals surface area (Å²) in [5, 5.41) is 3.89. The van der Waals surface area contributed by atoms with E-state index < -0.39 is 12.0 Å². The molecule has 0 spiro atoms. The molecule has 8 heteroatoms. The van der Waals surface area contributed by atoms with Crippen LogP contribution in [0.4, 0.5) is 0 Å². The van der Waals surface area contributed by atoms with Gasteiger partial charge in [-0.1, -0.05) is 17.3 Å². The highest BCUT2D eigenvalue weighted by Gasteiger charge is 2.39. The molecule has 27 heavy (non-hydrogen) atoms. The zero-order valence-electron chi connectivity index (χ0n) is 15.5. The van der Waals surface area contributed by atoms with Crippen LogP contribution in [0, 0.1) is 0 Å². The van der Waals surface area contributed by atoms with Gasteiger partial charge >= 0.3 is 5.97 Å². The SMILES string of the molecule is CON=C1C[C@@H](C(=O)OC)N(C(=O)c2ccc(C3N=CC=CN3C)cc2)C1. The van der Waals surface area contributed by atoms with Crippen LogP contribution in [0.25, 0.3) is 0 Å². The van der Waals surface area contributed by atoms with E-state index >= 15 is 0 Å². The first-order valence-electron chi connectivity index (χ1n) is 8.54. The topological polar surface area (TPSA) is 83.8 Å². The molecule has 0 N–H and O–H groups in total. The first-order chi connectivity index (χ1) is 13.0. The van der Waals surface area contributed by atoms with Crippen LogP contribution in [0.15, 0.2) is 46.7 Å². The molecule has 1 aromatic rings. The Labute approximate surface area is 157 Å². The van der Waals surface area contributed by atoms with E-state index in [9.17, 15) is 9.59 Å². The van der Waals surface area contributed by atoms with Crippen molar-refractivity contribution in [3.05, 3.63) is 47.7 Å². The summed E-state index contributed by atoms with van der Waals surface area (Å²) in [7, 11) is 4.68. The molecule has 0 bridgehead atoms. The summed E-state index contributed by atoms with van der Waals surface area (Å²) >= 11 is 0. The first-order valence-corrected chi connectivity index (χ1v) is 8.54. The lowest BCUT2D eigenvalue weighted by Crippen LogP contribution is -2.41. The van der Waals surface area contributed by atoms with Crippen LogP contribution in [0.5, 0.6) is 0 Å². The molecule has 2 aliphatic rings. The Kier molecular flexibility index (Phi) is 5.54. The number of benzene rings is 1. The molecule has 2 aliphatic heterocycles. The van der Waals surface area contributed by atoms with E-state index in [1.807, 2.05) is 36.4 Å². The molecular formula is C19H22N4O4. The van der Waals surface area contributed by atoms with E-state index in [1.165, 1.54) is 19.1 Å². The third-order valence-corrected chi connectivity index (χ3v) is 4.59. The second-order valence-electron chi connectivity index (χ2n) is 6.32. The molecule has 1 fully saturated rings. The van der Waals surface area contributed by atoms with Crippen LogP contribution in [0.3, 0.4) is 0 Å². The number of esters is 1. The Morgan fingerprint density at radius 1 is 1.22 bits per heavy atom. The fraction of sp³-hybridized carbons (Fsp3) is 0.368. The predicted molar refractivity (Wildman–Crippen MR) is 100 cm³/mol. The Morgan fingerprint density at radius 3 is 2.59 bits per heavy atom. The number of nitrogens with zero attached hydrogens (tertiary/aromatic N) is 4. The molecule has 1 unspecified atom stereocenters. The average Bonchev–Trinajstić information content (AvgIpc) is 3.11. The number of hydrogen-bond donors (Lipinski definition) is 0. The number of methoxy groups -OCH3 is 1. The molecule has 0 aliphatic carbocycles. The van der Waals surface area contributed by atoms with Gasteiger partial charge in [0.15, 0.2) is 0 Å². The highest BCUT2D eigenvalue weighted by Crippen LogP contribution is 2.25. The van der Waals surface area contributed by atoms with Gasteiger partial charge in [0.25, 0.3) is 5.91 Å². The monoisotopic (exact) mass is 370 g/mol. The Balaban J connectivity index is 1.80. The van der Waals surface area contributed by atoms with Gasteiger partial charge < -0.3 is 19.4 Å². The summed E-state index contributed by atoms with van der Waals surface area (Å²) in [5.41, 5.74) is 2.09. The van der Waals surface area contributed by atoms with Crippen molar-refractivity contribution in [2.45, 2.75) is 18.6 Å². The third-order valence-electron chi connectivity index (χ3n) is 4.59. The molecule has 2 heterocycles. The Hall–Kier alpha value is -3.16. The average molecular weight is 370 g/mol. The summed E-state index contributed by atoms with van der Waals surface area (Å²) in [4.78, 5) is 37.7. The van der Waals surface area contributed by atoms with Crippen LogP contribution in [-0.2, 0) is 14.4 Å². The van der Waals surface area contributed by atoms with Gasteiger partial charge in [-0.3, -0.25) is 9.79 Å². The maximum absolute atomic E-state index is 13.0. The summed E-state index contributed by atoms with van der Waals surface area (Å²) in [6.07, 6.45) is 5.75. The Morgan fingerprint density at radius 2 is 1.96 bits per heavy atom. The number of rotatable bonds is 4. The number of hydrogen-bond acceptors (Lipinski definition) is 7. The number of aliphatic imine (C=N–C) groups is 1. The molecular weight excluding hydrogens is 348 g/mol. The van der Waals surface area contributed by atoms with Crippen molar-refractivity contribution in [3.8, 4) is 0 Å². The van der Waals surface area contributed by atoms with Crippen molar-refractivity contribution in [1.29, 1.82) is 0 Å². The molecule has 8 nitrogen and oxygen atoms in total. The summed E-state index contributed by atoms with van der Waals surface area (Å²) in [5.74, 6) is -0.718. The number of oxime groups is 1. The van der Waals surface area contributed by atoms with E-state index in [4.69, 9.17) is 9.57 Å². The lowest BCUT2D eigenvalue weighted by atomic mass is 10.1. The van der Waals surface area contributed by atoms with Crippen LogP contribution in [0.1, 0.15) is 28.5 Å². The van der Waals surface area contributed by atoms with Gasteiger partial charge in [0.05, 0.1) is 19.4 Å². The van der Waals surface area contributed by atoms with E-state index in [0.29, 0.717) is 17.7 Å². The minimum Gasteiger partial charge on any atom is -0.467 e. The van der Waals surface area contributed by atoms with E-state index in [2.05, 4.69) is 10.1 Å². The molecule has 0 radical (unpaired) electrons. The van der Waals surface area contributed by atoms with Gasteiger partial charge in [0, 0.05) is 31.4 Å². The van der Waals surface area contributed by atoms with Crippen molar-refractivity contribution >= 4 is 23.8 Å². The highest BCUT2D eigenvalue weighted by molar-refractivity contribution is 6.04. The molecule has 0 saturated carbocycles. The lowest BCUT2D eigenvalue weighted by Gasteiger charge is -2.26. The van der Waals surface area contributed by atoms with Gasteiger partial charge in [-0.2, -0.15) is 0 Å². The number of likely N-dealkylation sites (tertiary alicyclic amines) is 1. The highest BCUT2D eigenvalue weighted by atomic mass is 16.6. The maximum Gasteiger partial charge on any atom is 0.329 e. The smallest absolute Gasteiger partial charge is 0.329 e. The van der Waals surface area contributed by atoms with Crippen molar-refractivity contribution in [2.24, 2.45) is 10.1 Å². The normalized spacial score (nSPS) is 23.0. The summed E-state index contributed by atoms with van der Waals surface area (Å²) in [6, 6.07) is 6.55. The van der Waals surface area contributed by atoms with Gasteiger partial charge in [0.1, 0.15) is 19.3 Å². The minimum absolute atomic E-state index is 0.116. The van der Waals surface area contributed by atoms with Crippen LogP contribution < -0.4 is 0 Å². The van der Waals surface area contributed by atoms with E-state index in [-0.39, 0.29) is 18.6 Å².